The number of alkyl halides is 6. The molecule has 1 aliphatic rings. The van der Waals surface area contributed by atoms with Crippen molar-refractivity contribution < 1.29 is 36.2 Å². The van der Waals surface area contributed by atoms with Crippen molar-refractivity contribution in [3.05, 3.63) is 35.7 Å². The summed E-state index contributed by atoms with van der Waals surface area (Å²) in [5.74, 6) is -1.09. The van der Waals surface area contributed by atoms with E-state index in [1.807, 2.05) is 0 Å². The molecule has 0 spiro atoms. The molecule has 1 fully saturated rings. The second-order valence-electron chi connectivity index (χ2n) is 7.23. The van der Waals surface area contributed by atoms with Crippen LogP contribution in [-0.4, -0.2) is 38.3 Å². The van der Waals surface area contributed by atoms with E-state index in [2.05, 4.69) is 25.2 Å². The maximum Gasteiger partial charge on any atom is 0.573 e. The largest absolute Gasteiger partial charge is 0.573 e. The molecule has 0 bridgehead atoms. The number of aliphatic hydroxyl groups is 1. The van der Waals surface area contributed by atoms with Gasteiger partial charge in [-0.2, -0.15) is 13.2 Å². The van der Waals surface area contributed by atoms with Gasteiger partial charge in [-0.05, 0) is 50.2 Å². The van der Waals surface area contributed by atoms with E-state index in [9.17, 15) is 31.4 Å². The zero-order valence-electron chi connectivity index (χ0n) is 15.9. The molecule has 0 radical (unpaired) electrons. The quantitative estimate of drug-likeness (QED) is 0.598. The summed E-state index contributed by atoms with van der Waals surface area (Å²) in [5, 5.41) is 20.3. The van der Waals surface area contributed by atoms with E-state index in [0.29, 0.717) is 18.9 Å². The topological polar surface area (TPSA) is 106 Å². The Morgan fingerprint density at radius 3 is 2.42 bits per heavy atom. The zero-order chi connectivity index (χ0) is 23.0. The summed E-state index contributed by atoms with van der Waals surface area (Å²) >= 11 is 0. The summed E-state index contributed by atoms with van der Waals surface area (Å²) in [7, 11) is 0. The molecule has 0 saturated heterocycles. The highest BCUT2D eigenvalue weighted by molar-refractivity contribution is 5.75. The van der Waals surface area contributed by atoms with Gasteiger partial charge in [-0.15, -0.1) is 23.4 Å². The van der Waals surface area contributed by atoms with Gasteiger partial charge in [-0.1, -0.05) is 0 Å². The van der Waals surface area contributed by atoms with Gasteiger partial charge in [0.2, 0.25) is 5.95 Å². The molecular formula is C18H17F6N5O2. The molecule has 1 aliphatic carbocycles. The van der Waals surface area contributed by atoms with Gasteiger partial charge in [0.25, 0.3) is 0 Å². The summed E-state index contributed by atoms with van der Waals surface area (Å²) in [5.41, 5.74) is 2.50. The van der Waals surface area contributed by atoms with Crippen LogP contribution in [-0.2, 0) is 6.18 Å². The fraction of sp³-hybridized carbons (Fsp3) is 0.389. The van der Waals surface area contributed by atoms with E-state index in [1.165, 1.54) is 6.08 Å². The van der Waals surface area contributed by atoms with Crippen LogP contribution in [0.15, 0.2) is 24.4 Å². The maximum absolute atomic E-state index is 13.0. The van der Waals surface area contributed by atoms with Crippen LogP contribution < -0.4 is 15.8 Å². The van der Waals surface area contributed by atoms with E-state index >= 15 is 0 Å². The molecule has 2 aromatic rings. The van der Waals surface area contributed by atoms with Crippen LogP contribution in [0.4, 0.5) is 32.3 Å². The molecule has 13 heteroatoms. The number of anilines is 1. The van der Waals surface area contributed by atoms with Crippen molar-refractivity contribution in [2.75, 3.05) is 5.32 Å². The predicted octanol–water partition coefficient (Wildman–Crippen LogP) is 3.71. The van der Waals surface area contributed by atoms with Crippen LogP contribution in [0, 0.1) is 0 Å². The lowest BCUT2D eigenvalue weighted by molar-refractivity contribution is -0.274. The Labute approximate surface area is 171 Å². The highest BCUT2D eigenvalue weighted by atomic mass is 19.4. The van der Waals surface area contributed by atoms with Crippen LogP contribution >= 0.6 is 0 Å². The summed E-state index contributed by atoms with van der Waals surface area (Å²) in [4.78, 5) is 4.12. The standard InChI is InChI=1S/C18H17F6N5O2/c1-16(30)7-10(8-16)26-15-27-12(4-5-25)14(28-29-15)11-3-2-9(17(19,20)21)6-13(11)31-18(22,23)24/h2-6,10,30H,7-8,25H2,1H3,(H,26,27,29). The number of benzene rings is 1. The van der Waals surface area contributed by atoms with E-state index in [0.717, 1.165) is 12.3 Å². The van der Waals surface area contributed by atoms with Gasteiger partial charge in [-0.3, -0.25) is 0 Å². The first-order valence-corrected chi connectivity index (χ1v) is 8.87. The molecule has 1 saturated carbocycles. The Balaban J connectivity index is 2.02. The van der Waals surface area contributed by atoms with Gasteiger partial charge in [0.05, 0.1) is 16.9 Å². The Hall–Kier alpha value is -3.09. The Morgan fingerprint density at radius 2 is 1.87 bits per heavy atom. The van der Waals surface area contributed by atoms with Crippen LogP contribution in [0.5, 0.6) is 5.75 Å². The van der Waals surface area contributed by atoms with Gasteiger partial charge in [-0.25, -0.2) is 4.98 Å². The number of nitrogens with zero attached hydrogens (tertiary/aromatic N) is 3. The van der Waals surface area contributed by atoms with Gasteiger partial charge < -0.3 is 20.9 Å². The Morgan fingerprint density at radius 1 is 1.19 bits per heavy atom. The summed E-state index contributed by atoms with van der Waals surface area (Å²) in [6, 6.07) is 1.47. The van der Waals surface area contributed by atoms with Crippen molar-refractivity contribution >= 4 is 12.0 Å². The van der Waals surface area contributed by atoms with Gasteiger partial charge in [0.1, 0.15) is 11.4 Å². The number of nitrogens with one attached hydrogen (secondary N) is 1. The minimum absolute atomic E-state index is 0.0163. The maximum atomic E-state index is 13.0. The molecule has 0 amide bonds. The van der Waals surface area contributed by atoms with E-state index in [1.54, 1.807) is 6.92 Å². The van der Waals surface area contributed by atoms with Crippen LogP contribution in [0.1, 0.15) is 31.0 Å². The lowest BCUT2D eigenvalue weighted by atomic mass is 9.77. The molecule has 0 atom stereocenters. The lowest BCUT2D eigenvalue weighted by Crippen LogP contribution is -2.48. The molecule has 7 nitrogen and oxygen atoms in total. The van der Waals surface area contributed by atoms with Gasteiger partial charge >= 0.3 is 12.5 Å². The number of aromatic nitrogens is 3. The second kappa shape index (κ2) is 7.87. The first-order valence-electron chi connectivity index (χ1n) is 8.87. The Kier molecular flexibility index (Phi) is 5.74. The molecule has 1 aromatic carbocycles. The molecular weight excluding hydrogens is 432 g/mol. The average Bonchev–Trinajstić information content (AvgIpc) is 2.59. The van der Waals surface area contributed by atoms with Crippen LogP contribution in [0.3, 0.4) is 0 Å². The normalized spacial score (nSPS) is 21.7. The first kappa shape index (κ1) is 22.6. The van der Waals surface area contributed by atoms with Crippen LogP contribution in [0.25, 0.3) is 17.3 Å². The molecule has 4 N–H and O–H groups in total. The fourth-order valence-electron chi connectivity index (χ4n) is 3.19. The van der Waals surface area contributed by atoms with Crippen molar-refractivity contribution in [3.8, 4) is 17.0 Å². The van der Waals surface area contributed by atoms with Crippen molar-refractivity contribution in [1.82, 2.24) is 15.2 Å². The third-order valence-corrected chi connectivity index (χ3v) is 4.46. The van der Waals surface area contributed by atoms with E-state index in [-0.39, 0.29) is 29.4 Å². The molecule has 168 valence electrons. The molecule has 0 unspecified atom stereocenters. The third kappa shape index (κ3) is 5.54. The SMILES string of the molecule is CC1(O)CC(Nc2nnc(-c3ccc(C(F)(F)F)cc3OC(F)(F)F)c(C=CN)n2)C1. The number of hydrogen-bond acceptors (Lipinski definition) is 7. The number of rotatable bonds is 5. The Bertz CT molecular complexity index is 982. The zero-order valence-corrected chi connectivity index (χ0v) is 15.9. The number of hydrogen-bond donors (Lipinski definition) is 3. The van der Waals surface area contributed by atoms with Crippen molar-refractivity contribution in [3.63, 3.8) is 0 Å². The highest BCUT2D eigenvalue weighted by Crippen LogP contribution is 2.40. The van der Waals surface area contributed by atoms with E-state index in [4.69, 9.17) is 5.73 Å². The molecule has 3 rings (SSSR count). The van der Waals surface area contributed by atoms with Crippen LogP contribution in [0.2, 0.25) is 0 Å². The molecule has 31 heavy (non-hydrogen) atoms. The lowest BCUT2D eigenvalue weighted by Gasteiger charge is -2.41. The molecule has 1 aromatic heterocycles. The third-order valence-electron chi connectivity index (χ3n) is 4.46. The first-order chi connectivity index (χ1) is 14.3. The smallest absolute Gasteiger partial charge is 0.405 e. The molecule has 1 heterocycles. The number of nitrogens with two attached hydrogens (primary N) is 1. The highest BCUT2D eigenvalue weighted by Gasteiger charge is 2.39. The summed E-state index contributed by atoms with van der Waals surface area (Å²) in [6.45, 7) is 1.66. The van der Waals surface area contributed by atoms with Crippen molar-refractivity contribution in [2.45, 2.75) is 43.9 Å². The van der Waals surface area contributed by atoms with Crippen molar-refractivity contribution in [2.24, 2.45) is 5.73 Å². The molecule has 0 aliphatic heterocycles. The van der Waals surface area contributed by atoms with Gasteiger partial charge in [0, 0.05) is 11.6 Å². The summed E-state index contributed by atoms with van der Waals surface area (Å²) in [6.07, 6.45) is -7.04. The predicted molar refractivity (Wildman–Crippen MR) is 97.4 cm³/mol. The summed E-state index contributed by atoms with van der Waals surface area (Å²) < 4.78 is 81.2. The number of ether oxygens (including phenoxy) is 1. The van der Waals surface area contributed by atoms with Crippen molar-refractivity contribution in [1.29, 1.82) is 0 Å². The minimum atomic E-state index is -5.24. The average molecular weight is 449 g/mol. The monoisotopic (exact) mass is 449 g/mol. The van der Waals surface area contributed by atoms with Gasteiger partial charge in [0.15, 0.2) is 0 Å². The fourth-order valence-corrected chi connectivity index (χ4v) is 3.19. The second-order valence-corrected chi connectivity index (χ2v) is 7.23. The number of halogens is 6. The van der Waals surface area contributed by atoms with E-state index < -0.39 is 35.0 Å². The minimum Gasteiger partial charge on any atom is -0.405 e.